The summed E-state index contributed by atoms with van der Waals surface area (Å²) in [7, 11) is 0. The average Bonchev–Trinajstić information content (AvgIpc) is 2.78. The van der Waals surface area contributed by atoms with Crippen LogP contribution in [0.2, 0.25) is 0 Å². The second-order valence-electron chi connectivity index (χ2n) is 5.61. The molecule has 1 aliphatic rings. The number of primary amides is 1. The summed E-state index contributed by atoms with van der Waals surface area (Å²) in [5, 5.41) is 10.5. The van der Waals surface area contributed by atoms with Gasteiger partial charge in [0.25, 0.3) is 0 Å². The first kappa shape index (κ1) is 13.2. The van der Waals surface area contributed by atoms with E-state index in [0.717, 1.165) is 58.5 Å². The van der Waals surface area contributed by atoms with E-state index in [0.29, 0.717) is 0 Å². The van der Waals surface area contributed by atoms with Gasteiger partial charge in [-0.3, -0.25) is 4.57 Å². The Bertz CT molecular complexity index is 700. The predicted octanol–water partition coefficient (Wildman–Crippen LogP) is 2.24. The third-order valence-corrected chi connectivity index (χ3v) is 4.32. The molecule has 1 aromatic carbocycles. The second-order valence-corrected chi connectivity index (χ2v) is 5.61. The number of amides is 1. The lowest BCUT2D eigenvalue weighted by atomic mass is 9.86. The van der Waals surface area contributed by atoms with Crippen LogP contribution in [-0.2, 0) is 12.8 Å². The SMILES string of the molecule is Cc1ccc(C)c2c1c1c(n2C(N)=O)CC[C](CO)C1. The number of hydrogen-bond donors (Lipinski definition) is 2. The molecule has 0 saturated heterocycles. The molecule has 0 atom stereocenters. The van der Waals surface area contributed by atoms with Crippen molar-refractivity contribution in [2.75, 3.05) is 6.61 Å². The summed E-state index contributed by atoms with van der Waals surface area (Å²) in [5.74, 6) is 1.13. The predicted molar refractivity (Wildman–Crippen MR) is 78.7 cm³/mol. The number of aryl methyl sites for hydroxylation is 2. The molecule has 4 nitrogen and oxygen atoms in total. The van der Waals surface area contributed by atoms with Crippen LogP contribution in [0.3, 0.4) is 0 Å². The van der Waals surface area contributed by atoms with Gasteiger partial charge in [0.15, 0.2) is 0 Å². The summed E-state index contributed by atoms with van der Waals surface area (Å²) in [5.41, 5.74) is 10.9. The monoisotopic (exact) mass is 271 g/mol. The van der Waals surface area contributed by atoms with Crippen molar-refractivity contribution in [3.63, 3.8) is 0 Å². The molecule has 0 fully saturated rings. The molecule has 105 valence electrons. The van der Waals surface area contributed by atoms with E-state index in [1.807, 2.05) is 13.0 Å². The Morgan fingerprint density at radius 2 is 2.00 bits per heavy atom. The van der Waals surface area contributed by atoms with Gasteiger partial charge < -0.3 is 10.8 Å². The van der Waals surface area contributed by atoms with Crippen molar-refractivity contribution in [1.82, 2.24) is 4.57 Å². The highest BCUT2D eigenvalue weighted by atomic mass is 16.3. The Labute approximate surface area is 118 Å². The summed E-state index contributed by atoms with van der Waals surface area (Å²) in [6.45, 7) is 4.18. The molecule has 1 aliphatic carbocycles. The molecule has 0 unspecified atom stereocenters. The minimum absolute atomic E-state index is 0.119. The topological polar surface area (TPSA) is 68.2 Å². The van der Waals surface area contributed by atoms with Crippen LogP contribution in [0.5, 0.6) is 0 Å². The summed E-state index contributed by atoms with van der Waals surface area (Å²) in [6.07, 6.45) is 2.33. The van der Waals surface area contributed by atoms with Gasteiger partial charge in [-0.2, -0.15) is 0 Å². The van der Waals surface area contributed by atoms with E-state index in [4.69, 9.17) is 5.73 Å². The minimum Gasteiger partial charge on any atom is -0.396 e. The zero-order valence-electron chi connectivity index (χ0n) is 11.9. The van der Waals surface area contributed by atoms with Crippen LogP contribution in [0.15, 0.2) is 12.1 Å². The second kappa shape index (κ2) is 4.63. The van der Waals surface area contributed by atoms with Crippen molar-refractivity contribution in [3.05, 3.63) is 40.4 Å². The molecule has 3 N–H and O–H groups in total. The zero-order valence-corrected chi connectivity index (χ0v) is 11.9. The third-order valence-electron chi connectivity index (χ3n) is 4.32. The smallest absolute Gasteiger partial charge is 0.323 e. The standard InChI is InChI=1S/C16H19N2O2/c1-9-3-4-10(2)15-14(9)12-7-11(8-19)5-6-13(12)18(15)16(17)20/h3-4,19H,5-8H2,1-2H3,(H2,17,20). The highest BCUT2D eigenvalue weighted by Gasteiger charge is 2.28. The molecular weight excluding hydrogens is 252 g/mol. The van der Waals surface area contributed by atoms with Gasteiger partial charge in [-0.05, 0) is 49.8 Å². The van der Waals surface area contributed by atoms with Crippen molar-refractivity contribution >= 4 is 16.9 Å². The summed E-state index contributed by atoms with van der Waals surface area (Å²) in [4.78, 5) is 11.9. The lowest BCUT2D eigenvalue weighted by Gasteiger charge is -2.21. The highest BCUT2D eigenvalue weighted by molar-refractivity contribution is 5.98. The number of aromatic nitrogens is 1. The van der Waals surface area contributed by atoms with Gasteiger partial charge in [-0.1, -0.05) is 12.1 Å². The number of nitrogens with two attached hydrogens (primary N) is 1. The van der Waals surface area contributed by atoms with E-state index >= 15 is 0 Å². The van der Waals surface area contributed by atoms with E-state index in [2.05, 4.69) is 13.0 Å². The molecule has 1 heterocycles. The number of carbonyl (C=O) groups excluding carboxylic acids is 1. The molecule has 0 spiro atoms. The van der Waals surface area contributed by atoms with Crippen LogP contribution in [0.1, 0.15) is 28.8 Å². The molecule has 1 aromatic heterocycles. The first-order chi connectivity index (χ1) is 9.54. The van der Waals surface area contributed by atoms with Crippen molar-refractivity contribution in [1.29, 1.82) is 0 Å². The molecule has 0 saturated carbocycles. The Kier molecular flexibility index (Phi) is 3.05. The van der Waals surface area contributed by atoms with E-state index in [-0.39, 0.29) is 6.61 Å². The number of nitrogens with zero attached hydrogens (tertiary/aromatic N) is 1. The molecule has 20 heavy (non-hydrogen) atoms. The van der Waals surface area contributed by atoms with E-state index < -0.39 is 6.03 Å². The van der Waals surface area contributed by atoms with E-state index in [1.54, 1.807) is 4.57 Å². The maximum atomic E-state index is 11.9. The molecule has 4 heteroatoms. The van der Waals surface area contributed by atoms with Crippen LogP contribution >= 0.6 is 0 Å². The van der Waals surface area contributed by atoms with Gasteiger partial charge >= 0.3 is 6.03 Å². The molecule has 2 aromatic rings. The number of benzene rings is 1. The van der Waals surface area contributed by atoms with Crippen molar-refractivity contribution in [2.45, 2.75) is 33.1 Å². The lowest BCUT2D eigenvalue weighted by molar-refractivity contribution is 0.250. The molecule has 1 amide bonds. The highest BCUT2D eigenvalue weighted by Crippen LogP contribution is 2.37. The largest absolute Gasteiger partial charge is 0.396 e. The fourth-order valence-corrected chi connectivity index (χ4v) is 3.34. The van der Waals surface area contributed by atoms with Crippen LogP contribution in [0.4, 0.5) is 4.79 Å². The number of rotatable bonds is 1. The molecule has 1 radical (unpaired) electrons. The Morgan fingerprint density at radius 3 is 2.65 bits per heavy atom. The Balaban J connectivity index is 2.38. The van der Waals surface area contributed by atoms with Gasteiger partial charge in [0, 0.05) is 23.6 Å². The normalized spacial score (nSPS) is 15.6. The molecule has 0 bridgehead atoms. The number of aliphatic hydroxyl groups excluding tert-OH is 1. The average molecular weight is 271 g/mol. The Morgan fingerprint density at radius 1 is 1.30 bits per heavy atom. The first-order valence-electron chi connectivity index (χ1n) is 6.91. The van der Waals surface area contributed by atoms with Gasteiger partial charge in [-0.15, -0.1) is 0 Å². The summed E-state index contributed by atoms with van der Waals surface area (Å²) >= 11 is 0. The van der Waals surface area contributed by atoms with Crippen LogP contribution in [-0.4, -0.2) is 22.3 Å². The summed E-state index contributed by atoms with van der Waals surface area (Å²) in [6, 6.07) is 3.69. The van der Waals surface area contributed by atoms with E-state index in [9.17, 15) is 9.90 Å². The van der Waals surface area contributed by atoms with Gasteiger partial charge in [0.2, 0.25) is 0 Å². The quantitative estimate of drug-likeness (QED) is 0.835. The minimum atomic E-state index is -0.419. The van der Waals surface area contributed by atoms with Gasteiger partial charge in [-0.25, -0.2) is 4.79 Å². The van der Waals surface area contributed by atoms with Crippen LogP contribution in [0.25, 0.3) is 10.9 Å². The van der Waals surface area contributed by atoms with Crippen molar-refractivity contribution in [2.24, 2.45) is 5.73 Å². The first-order valence-corrected chi connectivity index (χ1v) is 6.91. The molecule has 0 aliphatic heterocycles. The zero-order chi connectivity index (χ0) is 14.4. The number of fused-ring (bicyclic) bond motifs is 3. The maximum absolute atomic E-state index is 11.9. The maximum Gasteiger partial charge on any atom is 0.323 e. The lowest BCUT2D eigenvalue weighted by Crippen LogP contribution is -2.24. The van der Waals surface area contributed by atoms with Gasteiger partial charge in [0.1, 0.15) is 0 Å². The number of aliphatic hydroxyl groups is 1. The van der Waals surface area contributed by atoms with E-state index in [1.165, 1.54) is 0 Å². The number of carbonyl (C=O) groups is 1. The summed E-state index contributed by atoms with van der Waals surface area (Å²) < 4.78 is 1.67. The van der Waals surface area contributed by atoms with Crippen LogP contribution < -0.4 is 5.73 Å². The number of hydrogen-bond acceptors (Lipinski definition) is 2. The third kappa shape index (κ3) is 1.75. The van der Waals surface area contributed by atoms with Gasteiger partial charge in [0.05, 0.1) is 5.52 Å². The molecule has 3 rings (SSSR count). The fraction of sp³-hybridized carbons (Fsp3) is 0.375. The Hall–Kier alpha value is -1.81. The van der Waals surface area contributed by atoms with Crippen molar-refractivity contribution < 1.29 is 9.90 Å². The molecular formula is C16H19N2O2. The van der Waals surface area contributed by atoms with Crippen molar-refractivity contribution in [3.8, 4) is 0 Å². The van der Waals surface area contributed by atoms with Crippen LogP contribution in [0, 0.1) is 19.8 Å². The fourth-order valence-electron chi connectivity index (χ4n) is 3.34.